The number of amides is 1. The van der Waals surface area contributed by atoms with Crippen molar-refractivity contribution in [2.45, 2.75) is 38.3 Å². The second-order valence-corrected chi connectivity index (χ2v) is 8.17. The first-order valence-corrected chi connectivity index (χ1v) is 9.99. The molecule has 1 aliphatic carbocycles. The molecule has 6 nitrogen and oxygen atoms in total. The zero-order valence-corrected chi connectivity index (χ0v) is 16.0. The molecule has 2 fully saturated rings. The van der Waals surface area contributed by atoms with E-state index < -0.39 is 0 Å². The third kappa shape index (κ3) is 3.52. The minimum atomic E-state index is -0.133. The zero-order valence-electron chi connectivity index (χ0n) is 16.0. The van der Waals surface area contributed by atoms with Crippen molar-refractivity contribution in [3.05, 3.63) is 59.6 Å². The summed E-state index contributed by atoms with van der Waals surface area (Å²) in [6, 6.07) is 12.4. The molecule has 2 aromatic heterocycles. The van der Waals surface area contributed by atoms with E-state index in [-0.39, 0.29) is 11.9 Å². The third-order valence-electron chi connectivity index (χ3n) is 5.82. The standard InChI is InChI=1S/C22H24N4O2/c1-14-11-26(12-15-4-7-18-17(9-15)3-2-8-23-18)13-20(14)24-22(27)19-10-21(28-25-19)16-5-6-16/h2-4,7-10,14,16,20H,5-6,11-13H2,1H3,(H,24,27)/t14-,20+/m1/s1. The maximum atomic E-state index is 12.6. The van der Waals surface area contributed by atoms with Crippen LogP contribution in [0.5, 0.6) is 0 Å². The van der Waals surface area contributed by atoms with Gasteiger partial charge in [0.1, 0.15) is 5.76 Å². The molecule has 144 valence electrons. The van der Waals surface area contributed by atoms with E-state index in [0.717, 1.165) is 49.1 Å². The normalized spacial score (nSPS) is 22.6. The monoisotopic (exact) mass is 376 g/mol. The highest BCUT2D eigenvalue weighted by atomic mass is 16.5. The minimum Gasteiger partial charge on any atom is -0.360 e. The van der Waals surface area contributed by atoms with Gasteiger partial charge in [0.05, 0.1) is 5.52 Å². The van der Waals surface area contributed by atoms with Crippen LogP contribution in [0, 0.1) is 5.92 Å². The van der Waals surface area contributed by atoms with Crippen LogP contribution in [0.25, 0.3) is 10.9 Å². The number of hydrogen-bond acceptors (Lipinski definition) is 5. The molecule has 1 aromatic carbocycles. The zero-order chi connectivity index (χ0) is 19.1. The molecule has 1 saturated heterocycles. The van der Waals surface area contributed by atoms with Gasteiger partial charge in [-0.25, -0.2) is 0 Å². The summed E-state index contributed by atoms with van der Waals surface area (Å²) in [5.74, 6) is 1.57. The molecule has 0 bridgehead atoms. The Balaban J connectivity index is 1.22. The number of fused-ring (bicyclic) bond motifs is 1. The van der Waals surface area contributed by atoms with Gasteiger partial charge in [-0.05, 0) is 42.5 Å². The molecule has 1 aliphatic heterocycles. The highest BCUT2D eigenvalue weighted by Crippen LogP contribution is 2.40. The van der Waals surface area contributed by atoms with E-state index >= 15 is 0 Å². The van der Waals surface area contributed by atoms with E-state index in [1.807, 2.05) is 12.3 Å². The summed E-state index contributed by atoms with van der Waals surface area (Å²) >= 11 is 0. The number of carbonyl (C=O) groups excluding carboxylic acids is 1. The van der Waals surface area contributed by atoms with Crippen molar-refractivity contribution in [1.29, 1.82) is 0 Å². The Morgan fingerprint density at radius 3 is 3.00 bits per heavy atom. The van der Waals surface area contributed by atoms with Gasteiger partial charge in [0.2, 0.25) is 0 Å². The highest BCUT2D eigenvalue weighted by molar-refractivity contribution is 5.92. The maximum absolute atomic E-state index is 12.6. The van der Waals surface area contributed by atoms with Crippen LogP contribution in [0.15, 0.2) is 47.1 Å². The van der Waals surface area contributed by atoms with Crippen LogP contribution in [-0.2, 0) is 6.54 Å². The van der Waals surface area contributed by atoms with Crippen molar-refractivity contribution in [3.8, 4) is 0 Å². The van der Waals surface area contributed by atoms with E-state index in [2.05, 4.69) is 51.5 Å². The number of rotatable bonds is 5. The van der Waals surface area contributed by atoms with E-state index in [1.165, 1.54) is 5.56 Å². The fourth-order valence-corrected chi connectivity index (χ4v) is 4.06. The number of hydrogen-bond donors (Lipinski definition) is 1. The topological polar surface area (TPSA) is 71.3 Å². The smallest absolute Gasteiger partial charge is 0.273 e. The van der Waals surface area contributed by atoms with Crippen molar-refractivity contribution in [3.63, 3.8) is 0 Å². The molecule has 5 rings (SSSR count). The van der Waals surface area contributed by atoms with Crippen LogP contribution in [0.4, 0.5) is 0 Å². The summed E-state index contributed by atoms with van der Waals surface area (Å²) in [6.45, 7) is 4.86. The number of pyridine rings is 1. The van der Waals surface area contributed by atoms with Crippen LogP contribution in [0.1, 0.15) is 47.5 Å². The number of aromatic nitrogens is 2. The van der Waals surface area contributed by atoms with Gasteiger partial charge in [-0.1, -0.05) is 24.2 Å². The van der Waals surface area contributed by atoms with Gasteiger partial charge < -0.3 is 9.84 Å². The van der Waals surface area contributed by atoms with Crippen LogP contribution >= 0.6 is 0 Å². The molecule has 2 atom stereocenters. The average molecular weight is 376 g/mol. The highest BCUT2D eigenvalue weighted by Gasteiger charge is 2.33. The first-order valence-electron chi connectivity index (χ1n) is 9.99. The van der Waals surface area contributed by atoms with Crippen LogP contribution in [0.2, 0.25) is 0 Å². The Bertz CT molecular complexity index is 1010. The Labute approximate surface area is 163 Å². The lowest BCUT2D eigenvalue weighted by Gasteiger charge is -2.17. The van der Waals surface area contributed by atoms with Crippen LogP contribution in [-0.4, -0.2) is 40.1 Å². The molecule has 3 heterocycles. The van der Waals surface area contributed by atoms with Crippen LogP contribution in [0.3, 0.4) is 0 Å². The van der Waals surface area contributed by atoms with Crippen molar-refractivity contribution in [2.75, 3.05) is 13.1 Å². The fourth-order valence-electron chi connectivity index (χ4n) is 4.06. The van der Waals surface area contributed by atoms with E-state index in [9.17, 15) is 4.79 Å². The predicted molar refractivity (Wildman–Crippen MR) is 106 cm³/mol. The van der Waals surface area contributed by atoms with Gasteiger partial charge >= 0.3 is 0 Å². The summed E-state index contributed by atoms with van der Waals surface area (Å²) in [5, 5.41) is 8.27. The van der Waals surface area contributed by atoms with Gasteiger partial charge in [-0.2, -0.15) is 0 Å². The SMILES string of the molecule is C[C@@H]1CN(Cc2ccc3ncccc3c2)C[C@@H]1NC(=O)c1cc(C2CC2)on1. The number of nitrogens with zero attached hydrogens (tertiary/aromatic N) is 3. The Hall–Kier alpha value is -2.73. The van der Waals surface area contributed by atoms with E-state index in [1.54, 1.807) is 6.07 Å². The third-order valence-corrected chi connectivity index (χ3v) is 5.82. The van der Waals surface area contributed by atoms with Crippen molar-refractivity contribution in [1.82, 2.24) is 20.4 Å². The number of carbonyl (C=O) groups is 1. The van der Waals surface area contributed by atoms with Gasteiger partial charge in [0.25, 0.3) is 5.91 Å². The number of nitrogens with one attached hydrogen (secondary N) is 1. The number of likely N-dealkylation sites (tertiary alicyclic amines) is 1. The molecular formula is C22H24N4O2. The lowest BCUT2D eigenvalue weighted by molar-refractivity contribution is 0.0922. The minimum absolute atomic E-state index is 0.121. The molecule has 1 N–H and O–H groups in total. The maximum Gasteiger partial charge on any atom is 0.273 e. The molecular weight excluding hydrogens is 352 g/mol. The predicted octanol–water partition coefficient (Wildman–Crippen LogP) is 3.35. The van der Waals surface area contributed by atoms with Crippen molar-refractivity contribution >= 4 is 16.8 Å². The molecule has 28 heavy (non-hydrogen) atoms. The molecule has 1 saturated carbocycles. The Morgan fingerprint density at radius 1 is 1.25 bits per heavy atom. The molecule has 0 spiro atoms. The second kappa shape index (κ2) is 7.02. The van der Waals surface area contributed by atoms with E-state index in [4.69, 9.17) is 4.52 Å². The largest absolute Gasteiger partial charge is 0.360 e. The van der Waals surface area contributed by atoms with Gasteiger partial charge in [-0.3, -0.25) is 14.7 Å². The molecule has 1 amide bonds. The van der Waals surface area contributed by atoms with Crippen LogP contribution < -0.4 is 5.32 Å². The van der Waals surface area contributed by atoms with Crippen molar-refractivity contribution in [2.24, 2.45) is 5.92 Å². The summed E-state index contributed by atoms with van der Waals surface area (Å²) in [5.41, 5.74) is 2.68. The van der Waals surface area contributed by atoms with E-state index in [0.29, 0.717) is 17.5 Å². The van der Waals surface area contributed by atoms with Gasteiger partial charge in [-0.15, -0.1) is 0 Å². The molecule has 0 radical (unpaired) electrons. The van der Waals surface area contributed by atoms with Gasteiger partial charge in [0, 0.05) is 49.2 Å². The lowest BCUT2D eigenvalue weighted by Crippen LogP contribution is -2.39. The first kappa shape index (κ1) is 17.4. The summed E-state index contributed by atoms with van der Waals surface area (Å²) in [4.78, 5) is 19.3. The summed E-state index contributed by atoms with van der Waals surface area (Å²) in [7, 11) is 0. The molecule has 0 unspecified atom stereocenters. The second-order valence-electron chi connectivity index (χ2n) is 8.17. The first-order chi connectivity index (χ1) is 13.7. The quantitative estimate of drug-likeness (QED) is 0.739. The number of benzene rings is 1. The molecule has 2 aliphatic rings. The van der Waals surface area contributed by atoms with Crippen molar-refractivity contribution < 1.29 is 9.32 Å². The van der Waals surface area contributed by atoms with Gasteiger partial charge in [0.15, 0.2) is 5.69 Å². The summed E-state index contributed by atoms with van der Waals surface area (Å²) < 4.78 is 5.31. The Morgan fingerprint density at radius 2 is 2.14 bits per heavy atom. The molecule has 6 heteroatoms. The fraction of sp³-hybridized carbons (Fsp3) is 0.409. The molecule has 3 aromatic rings. The summed E-state index contributed by atoms with van der Waals surface area (Å²) in [6.07, 6.45) is 4.09. The average Bonchev–Trinajstić information content (AvgIpc) is 3.33. The Kier molecular flexibility index (Phi) is 4.36. The lowest BCUT2D eigenvalue weighted by atomic mass is 10.1.